The van der Waals surface area contributed by atoms with Gasteiger partial charge in [0.05, 0.1) is 17.8 Å². The molecule has 1 amide bonds. The number of carbonyl (C=O) groups is 1. The summed E-state index contributed by atoms with van der Waals surface area (Å²) in [5.41, 5.74) is 6.09. The molecule has 0 spiro atoms. The summed E-state index contributed by atoms with van der Waals surface area (Å²) in [5, 5.41) is 22.3. The van der Waals surface area contributed by atoms with Crippen LogP contribution in [0.4, 0.5) is 5.69 Å². The molecule has 2 atom stereocenters. The van der Waals surface area contributed by atoms with Gasteiger partial charge in [-0.25, -0.2) is 0 Å². The van der Waals surface area contributed by atoms with E-state index in [1.54, 1.807) is 6.07 Å². The first-order valence-electron chi connectivity index (χ1n) is 6.65. The highest BCUT2D eigenvalue weighted by molar-refractivity contribution is 5.95. The second-order valence-corrected chi connectivity index (χ2v) is 5.06. The Kier molecular flexibility index (Phi) is 4.27. The van der Waals surface area contributed by atoms with Gasteiger partial charge in [0.15, 0.2) is 0 Å². The fourth-order valence-electron chi connectivity index (χ4n) is 2.39. The number of aliphatic hydroxyl groups excluding tert-OH is 1. The van der Waals surface area contributed by atoms with Gasteiger partial charge in [0.25, 0.3) is 5.91 Å². The lowest BCUT2D eigenvalue weighted by Gasteiger charge is -2.21. The highest BCUT2D eigenvalue weighted by Gasteiger charge is 2.23. The number of nitrogens with two attached hydrogens (primary N) is 1. The summed E-state index contributed by atoms with van der Waals surface area (Å²) in [4.78, 5) is 12.1. The average Bonchev–Trinajstić information content (AvgIpc) is 2.58. The van der Waals surface area contributed by atoms with E-state index in [0.717, 1.165) is 32.1 Å². The number of amides is 1. The van der Waals surface area contributed by atoms with Gasteiger partial charge in [-0.15, -0.1) is 0 Å². The van der Waals surface area contributed by atoms with Crippen molar-refractivity contribution in [1.29, 1.82) is 0 Å². The number of rotatable bonds is 2. The Morgan fingerprint density at radius 1 is 1.26 bits per heavy atom. The molecule has 2 unspecified atom stereocenters. The van der Waals surface area contributed by atoms with Crippen LogP contribution in [0.5, 0.6) is 5.75 Å². The zero-order valence-electron chi connectivity index (χ0n) is 10.8. The maximum atomic E-state index is 12.1. The summed E-state index contributed by atoms with van der Waals surface area (Å²) < 4.78 is 0. The first-order chi connectivity index (χ1) is 9.08. The molecule has 0 radical (unpaired) electrons. The van der Waals surface area contributed by atoms with Crippen LogP contribution in [0, 0.1) is 0 Å². The highest BCUT2D eigenvalue weighted by atomic mass is 16.3. The minimum atomic E-state index is -0.492. The molecule has 19 heavy (non-hydrogen) atoms. The van der Waals surface area contributed by atoms with Gasteiger partial charge < -0.3 is 21.3 Å². The van der Waals surface area contributed by atoms with E-state index in [-0.39, 0.29) is 23.4 Å². The molecule has 5 nitrogen and oxygen atoms in total. The number of carbonyl (C=O) groups excluding carboxylic acids is 1. The maximum Gasteiger partial charge on any atom is 0.251 e. The third-order valence-corrected chi connectivity index (χ3v) is 3.59. The van der Waals surface area contributed by atoms with Crippen LogP contribution in [-0.2, 0) is 0 Å². The number of aromatic hydroxyl groups is 1. The molecule has 0 bridgehead atoms. The standard InChI is InChI=1S/C14H20N2O3/c15-10-7-6-9(8-13(10)18)14(19)16-11-4-2-1-3-5-12(11)17/h6-8,11-12,17-18H,1-5,15H2,(H,16,19). The molecular weight excluding hydrogens is 244 g/mol. The normalized spacial score (nSPS) is 23.6. The van der Waals surface area contributed by atoms with Crippen molar-refractivity contribution < 1.29 is 15.0 Å². The molecule has 0 saturated heterocycles. The van der Waals surface area contributed by atoms with Crippen molar-refractivity contribution in [2.45, 2.75) is 44.2 Å². The second-order valence-electron chi connectivity index (χ2n) is 5.06. The minimum Gasteiger partial charge on any atom is -0.506 e. The molecule has 1 aromatic rings. The van der Waals surface area contributed by atoms with Crippen molar-refractivity contribution in [2.24, 2.45) is 0 Å². The predicted octanol–water partition coefficient (Wildman–Crippen LogP) is 1.40. The smallest absolute Gasteiger partial charge is 0.251 e. The number of nitrogen functional groups attached to an aromatic ring is 1. The van der Waals surface area contributed by atoms with Gasteiger partial charge in [0, 0.05) is 5.56 Å². The monoisotopic (exact) mass is 264 g/mol. The SMILES string of the molecule is Nc1ccc(C(=O)NC2CCCCCC2O)cc1O. The van der Waals surface area contributed by atoms with Crippen LogP contribution in [0.2, 0.25) is 0 Å². The molecule has 5 heteroatoms. The third kappa shape index (κ3) is 3.38. The maximum absolute atomic E-state index is 12.1. The van der Waals surface area contributed by atoms with Crippen LogP contribution in [0.15, 0.2) is 18.2 Å². The highest BCUT2D eigenvalue weighted by Crippen LogP contribution is 2.22. The number of anilines is 1. The number of aliphatic hydroxyl groups is 1. The molecule has 2 rings (SSSR count). The molecule has 1 aliphatic carbocycles. The van der Waals surface area contributed by atoms with E-state index >= 15 is 0 Å². The summed E-state index contributed by atoms with van der Waals surface area (Å²) in [6, 6.07) is 4.18. The quantitative estimate of drug-likeness (QED) is 0.369. The molecule has 104 valence electrons. The largest absolute Gasteiger partial charge is 0.506 e. The fourth-order valence-corrected chi connectivity index (χ4v) is 2.39. The molecule has 1 aliphatic rings. The fraction of sp³-hybridized carbons (Fsp3) is 0.500. The van der Waals surface area contributed by atoms with E-state index in [0.29, 0.717) is 5.56 Å². The van der Waals surface area contributed by atoms with Gasteiger partial charge in [-0.2, -0.15) is 0 Å². The van der Waals surface area contributed by atoms with Crippen molar-refractivity contribution >= 4 is 11.6 Å². The van der Waals surface area contributed by atoms with Crippen LogP contribution < -0.4 is 11.1 Å². The van der Waals surface area contributed by atoms with E-state index in [2.05, 4.69) is 5.32 Å². The Bertz CT molecular complexity index is 462. The van der Waals surface area contributed by atoms with Gasteiger partial charge in [-0.05, 0) is 31.0 Å². The molecule has 1 fully saturated rings. The van der Waals surface area contributed by atoms with Gasteiger partial charge in [0.1, 0.15) is 5.75 Å². The van der Waals surface area contributed by atoms with E-state index in [1.807, 2.05) is 0 Å². The molecule has 1 saturated carbocycles. The van der Waals surface area contributed by atoms with Crippen molar-refractivity contribution in [2.75, 3.05) is 5.73 Å². The van der Waals surface area contributed by atoms with Gasteiger partial charge in [0.2, 0.25) is 0 Å². The first kappa shape index (κ1) is 13.7. The lowest BCUT2D eigenvalue weighted by Crippen LogP contribution is -2.42. The number of phenols is 1. The summed E-state index contributed by atoms with van der Waals surface area (Å²) in [6.07, 6.45) is 4.11. The lowest BCUT2D eigenvalue weighted by atomic mass is 10.1. The zero-order valence-corrected chi connectivity index (χ0v) is 10.8. The average molecular weight is 264 g/mol. The second kappa shape index (κ2) is 5.93. The van der Waals surface area contributed by atoms with Crippen LogP contribution >= 0.6 is 0 Å². The van der Waals surface area contributed by atoms with E-state index in [1.165, 1.54) is 12.1 Å². The zero-order chi connectivity index (χ0) is 13.8. The van der Waals surface area contributed by atoms with Crippen molar-refractivity contribution in [3.05, 3.63) is 23.8 Å². The predicted molar refractivity (Wildman–Crippen MR) is 72.9 cm³/mol. The summed E-state index contributed by atoms with van der Waals surface area (Å²) in [5.74, 6) is -0.393. The topological polar surface area (TPSA) is 95.6 Å². The van der Waals surface area contributed by atoms with Crippen LogP contribution in [0.3, 0.4) is 0 Å². The number of hydrogen-bond acceptors (Lipinski definition) is 4. The minimum absolute atomic E-state index is 0.103. The van der Waals surface area contributed by atoms with Crippen molar-refractivity contribution in [3.8, 4) is 5.75 Å². The Balaban J connectivity index is 2.05. The van der Waals surface area contributed by atoms with E-state index in [4.69, 9.17) is 5.73 Å². The molecular formula is C14H20N2O3. The van der Waals surface area contributed by atoms with Gasteiger partial charge in [-0.3, -0.25) is 4.79 Å². The summed E-state index contributed by atoms with van der Waals surface area (Å²) >= 11 is 0. The van der Waals surface area contributed by atoms with E-state index < -0.39 is 6.10 Å². The Morgan fingerprint density at radius 3 is 2.74 bits per heavy atom. The van der Waals surface area contributed by atoms with Crippen LogP contribution in [-0.4, -0.2) is 28.3 Å². The van der Waals surface area contributed by atoms with Crippen molar-refractivity contribution in [1.82, 2.24) is 5.32 Å². The number of benzene rings is 1. The number of nitrogens with one attached hydrogen (secondary N) is 1. The van der Waals surface area contributed by atoms with Gasteiger partial charge in [-0.1, -0.05) is 19.3 Å². The van der Waals surface area contributed by atoms with Crippen molar-refractivity contribution in [3.63, 3.8) is 0 Å². The molecule has 0 heterocycles. The molecule has 0 aliphatic heterocycles. The Labute approximate surface area is 112 Å². The Morgan fingerprint density at radius 2 is 2.00 bits per heavy atom. The number of hydrogen-bond donors (Lipinski definition) is 4. The van der Waals surface area contributed by atoms with E-state index in [9.17, 15) is 15.0 Å². The van der Waals surface area contributed by atoms with Gasteiger partial charge >= 0.3 is 0 Å². The lowest BCUT2D eigenvalue weighted by molar-refractivity contribution is 0.0818. The molecule has 5 N–H and O–H groups in total. The Hall–Kier alpha value is -1.75. The molecule has 0 aromatic heterocycles. The third-order valence-electron chi connectivity index (χ3n) is 3.59. The summed E-state index contributed by atoms with van der Waals surface area (Å²) in [7, 11) is 0. The first-order valence-corrected chi connectivity index (χ1v) is 6.65. The number of phenolic OH excluding ortho intramolecular Hbond substituents is 1. The van der Waals surface area contributed by atoms with Crippen LogP contribution in [0.25, 0.3) is 0 Å². The summed E-state index contributed by atoms with van der Waals surface area (Å²) in [6.45, 7) is 0. The molecule has 1 aromatic carbocycles. The van der Waals surface area contributed by atoms with Crippen LogP contribution in [0.1, 0.15) is 42.5 Å².